The molecule has 2 saturated carbocycles. The second-order valence-electron chi connectivity index (χ2n) is 6.15. The van der Waals surface area contributed by atoms with E-state index in [1.165, 1.54) is 38.5 Å². The van der Waals surface area contributed by atoms with Gasteiger partial charge >= 0.3 is 5.97 Å². The second-order valence-corrected chi connectivity index (χ2v) is 6.15. The molecule has 0 aromatic heterocycles. The summed E-state index contributed by atoms with van der Waals surface area (Å²) >= 11 is 0. The van der Waals surface area contributed by atoms with Gasteiger partial charge in [-0.05, 0) is 50.6 Å². The smallest absolute Gasteiger partial charge is 0.306 e. The van der Waals surface area contributed by atoms with Crippen molar-refractivity contribution >= 4 is 5.97 Å². The number of nitrogens with one attached hydrogen (secondary N) is 1. The van der Waals surface area contributed by atoms with Crippen LogP contribution < -0.4 is 5.32 Å². The monoisotopic (exact) mass is 253 g/mol. The van der Waals surface area contributed by atoms with Crippen LogP contribution in [-0.4, -0.2) is 24.2 Å². The molecule has 2 aliphatic rings. The molecule has 0 saturated heterocycles. The summed E-state index contributed by atoms with van der Waals surface area (Å²) in [4.78, 5) is 11.2. The molecular formula is C15H27NO2. The van der Waals surface area contributed by atoms with Gasteiger partial charge in [0.15, 0.2) is 0 Å². The molecule has 0 aliphatic heterocycles. The fourth-order valence-electron chi connectivity index (χ4n) is 3.64. The van der Waals surface area contributed by atoms with E-state index in [2.05, 4.69) is 5.32 Å². The molecule has 2 N–H and O–H groups in total. The van der Waals surface area contributed by atoms with Crippen molar-refractivity contribution in [2.24, 2.45) is 17.8 Å². The van der Waals surface area contributed by atoms with Gasteiger partial charge in [-0.1, -0.05) is 32.1 Å². The van der Waals surface area contributed by atoms with Crippen molar-refractivity contribution in [1.82, 2.24) is 5.32 Å². The molecule has 0 amide bonds. The SMILES string of the molecule is O=C(O)C1CCCCC1CNCC1CCCCC1. The largest absolute Gasteiger partial charge is 0.481 e. The summed E-state index contributed by atoms with van der Waals surface area (Å²) in [5.41, 5.74) is 0. The number of carboxylic acids is 1. The molecule has 0 radical (unpaired) electrons. The van der Waals surface area contributed by atoms with Gasteiger partial charge in [-0.2, -0.15) is 0 Å². The van der Waals surface area contributed by atoms with Gasteiger partial charge in [0.05, 0.1) is 5.92 Å². The zero-order valence-electron chi connectivity index (χ0n) is 11.4. The van der Waals surface area contributed by atoms with E-state index in [0.717, 1.165) is 38.3 Å². The summed E-state index contributed by atoms with van der Waals surface area (Å²) in [6.45, 7) is 2.01. The molecule has 2 aliphatic carbocycles. The van der Waals surface area contributed by atoms with Crippen molar-refractivity contribution in [3.05, 3.63) is 0 Å². The average molecular weight is 253 g/mol. The third-order valence-electron chi connectivity index (χ3n) is 4.79. The van der Waals surface area contributed by atoms with E-state index < -0.39 is 5.97 Å². The Balaban J connectivity index is 1.69. The zero-order chi connectivity index (χ0) is 12.8. The Labute approximate surface area is 110 Å². The zero-order valence-corrected chi connectivity index (χ0v) is 11.4. The molecule has 2 rings (SSSR count). The molecular weight excluding hydrogens is 226 g/mol. The molecule has 0 spiro atoms. The summed E-state index contributed by atoms with van der Waals surface area (Å²) in [7, 11) is 0. The molecule has 0 bridgehead atoms. The summed E-state index contributed by atoms with van der Waals surface area (Å²) in [6, 6.07) is 0. The van der Waals surface area contributed by atoms with E-state index in [1.807, 2.05) is 0 Å². The van der Waals surface area contributed by atoms with Crippen LogP contribution in [0.15, 0.2) is 0 Å². The van der Waals surface area contributed by atoms with Gasteiger partial charge in [0.1, 0.15) is 0 Å². The number of aliphatic carboxylic acids is 1. The van der Waals surface area contributed by atoms with E-state index in [-0.39, 0.29) is 5.92 Å². The minimum Gasteiger partial charge on any atom is -0.481 e. The van der Waals surface area contributed by atoms with Crippen molar-refractivity contribution in [3.8, 4) is 0 Å². The first-order chi connectivity index (χ1) is 8.77. The topological polar surface area (TPSA) is 49.3 Å². The predicted octanol–water partition coefficient (Wildman–Crippen LogP) is 3.05. The van der Waals surface area contributed by atoms with E-state index >= 15 is 0 Å². The van der Waals surface area contributed by atoms with Crippen molar-refractivity contribution < 1.29 is 9.90 Å². The first kappa shape index (κ1) is 13.9. The van der Waals surface area contributed by atoms with Gasteiger partial charge in [0, 0.05) is 0 Å². The number of carboxylic acid groups (broad SMARTS) is 1. The minimum atomic E-state index is -0.584. The van der Waals surface area contributed by atoms with Crippen LogP contribution >= 0.6 is 0 Å². The fourth-order valence-corrected chi connectivity index (χ4v) is 3.64. The van der Waals surface area contributed by atoms with Crippen LogP contribution in [0, 0.1) is 17.8 Å². The van der Waals surface area contributed by atoms with Gasteiger partial charge in [0.25, 0.3) is 0 Å². The van der Waals surface area contributed by atoms with Crippen molar-refractivity contribution in [1.29, 1.82) is 0 Å². The Hall–Kier alpha value is -0.570. The fraction of sp³-hybridized carbons (Fsp3) is 0.933. The Bertz CT molecular complexity index is 261. The van der Waals surface area contributed by atoms with Gasteiger partial charge in [-0.25, -0.2) is 0 Å². The van der Waals surface area contributed by atoms with Gasteiger partial charge in [-0.3, -0.25) is 4.79 Å². The van der Waals surface area contributed by atoms with Crippen molar-refractivity contribution in [2.75, 3.05) is 13.1 Å². The molecule has 2 unspecified atom stereocenters. The Morgan fingerprint density at radius 3 is 2.33 bits per heavy atom. The number of hydrogen-bond donors (Lipinski definition) is 2. The Kier molecular flexibility index (Phi) is 5.48. The highest BCUT2D eigenvalue weighted by Gasteiger charge is 2.30. The highest BCUT2D eigenvalue weighted by Crippen LogP contribution is 2.30. The van der Waals surface area contributed by atoms with Crippen molar-refractivity contribution in [3.63, 3.8) is 0 Å². The van der Waals surface area contributed by atoms with Crippen LogP contribution in [0.2, 0.25) is 0 Å². The van der Waals surface area contributed by atoms with Crippen LogP contribution in [-0.2, 0) is 4.79 Å². The molecule has 3 nitrogen and oxygen atoms in total. The number of rotatable bonds is 5. The third kappa shape index (κ3) is 3.98. The van der Waals surface area contributed by atoms with Crippen LogP contribution in [0.25, 0.3) is 0 Å². The molecule has 3 heteroatoms. The standard InChI is InChI=1S/C15H27NO2/c17-15(18)14-9-5-4-8-13(14)11-16-10-12-6-2-1-3-7-12/h12-14,16H,1-11H2,(H,17,18). The van der Waals surface area contributed by atoms with E-state index in [1.54, 1.807) is 0 Å². The lowest BCUT2D eigenvalue weighted by Crippen LogP contribution is -2.36. The van der Waals surface area contributed by atoms with Crippen LogP contribution in [0.3, 0.4) is 0 Å². The van der Waals surface area contributed by atoms with Gasteiger partial charge in [-0.15, -0.1) is 0 Å². The summed E-state index contributed by atoms with van der Waals surface area (Å²) < 4.78 is 0. The Morgan fingerprint density at radius 1 is 0.944 bits per heavy atom. The molecule has 0 aromatic rings. The lowest BCUT2D eigenvalue weighted by Gasteiger charge is -2.30. The lowest BCUT2D eigenvalue weighted by molar-refractivity contribution is -0.144. The highest BCUT2D eigenvalue weighted by atomic mass is 16.4. The molecule has 18 heavy (non-hydrogen) atoms. The van der Waals surface area contributed by atoms with Crippen LogP contribution in [0.1, 0.15) is 57.8 Å². The highest BCUT2D eigenvalue weighted by molar-refractivity contribution is 5.70. The summed E-state index contributed by atoms with van der Waals surface area (Å²) in [6.07, 6.45) is 11.2. The summed E-state index contributed by atoms with van der Waals surface area (Å²) in [5.74, 6) is 0.516. The first-order valence-electron chi connectivity index (χ1n) is 7.71. The minimum absolute atomic E-state index is 0.0994. The maximum Gasteiger partial charge on any atom is 0.306 e. The molecule has 0 heterocycles. The maximum atomic E-state index is 11.2. The van der Waals surface area contributed by atoms with E-state index in [4.69, 9.17) is 0 Å². The normalized spacial score (nSPS) is 30.2. The molecule has 2 fully saturated rings. The summed E-state index contributed by atoms with van der Waals surface area (Å²) in [5, 5.41) is 12.8. The number of hydrogen-bond acceptors (Lipinski definition) is 2. The molecule has 104 valence electrons. The van der Waals surface area contributed by atoms with Crippen LogP contribution in [0.5, 0.6) is 0 Å². The van der Waals surface area contributed by atoms with Crippen LogP contribution in [0.4, 0.5) is 0 Å². The molecule has 0 aromatic carbocycles. The van der Waals surface area contributed by atoms with Crippen molar-refractivity contribution in [2.45, 2.75) is 57.8 Å². The van der Waals surface area contributed by atoms with Gasteiger partial charge < -0.3 is 10.4 Å². The molecule has 2 atom stereocenters. The maximum absolute atomic E-state index is 11.2. The van der Waals surface area contributed by atoms with E-state index in [0.29, 0.717) is 5.92 Å². The van der Waals surface area contributed by atoms with E-state index in [9.17, 15) is 9.90 Å². The predicted molar refractivity (Wildman–Crippen MR) is 72.5 cm³/mol. The number of carbonyl (C=O) groups is 1. The third-order valence-corrected chi connectivity index (χ3v) is 4.79. The quantitative estimate of drug-likeness (QED) is 0.791. The Morgan fingerprint density at radius 2 is 1.61 bits per heavy atom. The average Bonchev–Trinajstić information content (AvgIpc) is 2.40. The lowest BCUT2D eigenvalue weighted by atomic mass is 9.79. The second kappa shape index (κ2) is 7.13. The van der Waals surface area contributed by atoms with Gasteiger partial charge in [0.2, 0.25) is 0 Å². The first-order valence-corrected chi connectivity index (χ1v) is 7.71.